The van der Waals surface area contributed by atoms with Crippen LogP contribution in [0.1, 0.15) is 19.8 Å². The van der Waals surface area contributed by atoms with Crippen LogP contribution >= 0.6 is 11.6 Å². The Labute approximate surface area is 98.7 Å². The molecule has 1 aliphatic heterocycles. The van der Waals surface area contributed by atoms with Crippen LogP contribution in [0.2, 0.25) is 5.28 Å². The Kier molecular flexibility index (Phi) is 3.46. The predicted molar refractivity (Wildman–Crippen MR) is 63.7 cm³/mol. The van der Waals surface area contributed by atoms with Crippen LogP contribution in [0, 0.1) is 0 Å². The second-order valence-corrected chi connectivity index (χ2v) is 3.78. The third kappa shape index (κ3) is 2.76. The van der Waals surface area contributed by atoms with Crippen molar-refractivity contribution in [1.82, 2.24) is 15.0 Å². The first kappa shape index (κ1) is 11.0. The minimum absolute atomic E-state index is 0.178. The third-order valence-corrected chi connectivity index (χ3v) is 2.49. The van der Waals surface area contributed by atoms with Crippen LogP contribution in [0.15, 0.2) is 23.1 Å². The fraction of sp³-hybridized carbons (Fsp3) is 0.400. The minimum atomic E-state index is 0.178. The zero-order valence-corrected chi connectivity index (χ0v) is 9.65. The van der Waals surface area contributed by atoms with Crippen molar-refractivity contribution >= 4 is 23.8 Å². The summed E-state index contributed by atoms with van der Waals surface area (Å²) < 4.78 is 0. The van der Waals surface area contributed by atoms with E-state index in [-0.39, 0.29) is 5.28 Å². The van der Waals surface area contributed by atoms with Gasteiger partial charge in [-0.05, 0) is 24.4 Å². The zero-order chi connectivity index (χ0) is 11.4. The van der Waals surface area contributed by atoms with E-state index >= 15 is 0 Å². The molecule has 0 saturated heterocycles. The quantitative estimate of drug-likeness (QED) is 0.874. The summed E-state index contributed by atoms with van der Waals surface area (Å²) in [7, 11) is 0. The lowest BCUT2D eigenvalue weighted by atomic mass is 10.1. The smallest absolute Gasteiger partial charge is 0.231 e. The molecule has 0 fully saturated rings. The number of hydrogen-bond acceptors (Lipinski definition) is 5. The molecule has 0 spiro atoms. The summed E-state index contributed by atoms with van der Waals surface area (Å²) in [4.78, 5) is 16.0. The second-order valence-electron chi connectivity index (χ2n) is 3.44. The van der Waals surface area contributed by atoms with Gasteiger partial charge in [0, 0.05) is 6.21 Å². The summed E-state index contributed by atoms with van der Waals surface area (Å²) in [6, 6.07) is 0.396. The first-order valence-electron chi connectivity index (χ1n) is 5.13. The van der Waals surface area contributed by atoms with Crippen molar-refractivity contribution in [1.29, 1.82) is 0 Å². The lowest BCUT2D eigenvalue weighted by molar-refractivity contribution is 0.657. The molecule has 0 aromatic carbocycles. The third-order valence-electron chi connectivity index (χ3n) is 2.30. The highest BCUT2D eigenvalue weighted by molar-refractivity contribution is 6.28. The number of nitrogens with one attached hydrogen (secondary N) is 1. The number of hydrogen-bond donors (Lipinski definition) is 1. The van der Waals surface area contributed by atoms with E-state index in [4.69, 9.17) is 11.6 Å². The number of rotatable bonds is 3. The van der Waals surface area contributed by atoms with Crippen LogP contribution in [0.3, 0.4) is 0 Å². The van der Waals surface area contributed by atoms with Gasteiger partial charge in [-0.25, -0.2) is 9.97 Å². The molecule has 2 heterocycles. The Balaban J connectivity index is 2.02. The number of halogens is 1. The molecule has 0 bridgehead atoms. The van der Waals surface area contributed by atoms with Crippen molar-refractivity contribution in [2.75, 3.05) is 5.32 Å². The molecule has 5 nitrogen and oxygen atoms in total. The van der Waals surface area contributed by atoms with Crippen LogP contribution in [-0.2, 0) is 0 Å². The van der Waals surface area contributed by atoms with E-state index in [1.165, 1.54) is 6.33 Å². The summed E-state index contributed by atoms with van der Waals surface area (Å²) in [5.41, 5.74) is 0.895. The Hall–Kier alpha value is -1.49. The number of dihydropyridines is 1. The lowest BCUT2D eigenvalue weighted by Crippen LogP contribution is -2.13. The number of aliphatic imine (C=N–C) groups is 1. The van der Waals surface area contributed by atoms with Crippen molar-refractivity contribution in [3.63, 3.8) is 0 Å². The largest absolute Gasteiger partial charge is 0.323 e. The van der Waals surface area contributed by atoms with Crippen LogP contribution in [0.4, 0.5) is 5.95 Å². The molecule has 6 heteroatoms. The van der Waals surface area contributed by atoms with Crippen molar-refractivity contribution in [2.24, 2.45) is 4.99 Å². The summed E-state index contributed by atoms with van der Waals surface area (Å²) in [5, 5.41) is 3.21. The van der Waals surface area contributed by atoms with Gasteiger partial charge in [0.15, 0.2) is 0 Å². The Morgan fingerprint density at radius 2 is 2.38 bits per heavy atom. The van der Waals surface area contributed by atoms with E-state index < -0.39 is 0 Å². The van der Waals surface area contributed by atoms with Gasteiger partial charge in [-0.15, -0.1) is 0 Å². The first-order chi connectivity index (χ1) is 7.78. The highest BCUT2D eigenvalue weighted by Crippen LogP contribution is 2.13. The van der Waals surface area contributed by atoms with Crippen LogP contribution in [0.25, 0.3) is 0 Å². The molecule has 84 valence electrons. The first-order valence-corrected chi connectivity index (χ1v) is 5.50. The van der Waals surface area contributed by atoms with E-state index in [9.17, 15) is 0 Å². The normalized spacial score (nSPS) is 19.4. The number of allylic oxidation sites excluding steroid dienone is 1. The van der Waals surface area contributed by atoms with E-state index in [0.717, 1.165) is 18.5 Å². The molecule has 0 aliphatic carbocycles. The molecule has 0 saturated carbocycles. The van der Waals surface area contributed by atoms with Gasteiger partial charge in [-0.2, -0.15) is 4.98 Å². The SMILES string of the molecule is CCC1CC=C(Nc2ncnc(Cl)n2)C=N1. The fourth-order valence-electron chi connectivity index (χ4n) is 1.38. The van der Waals surface area contributed by atoms with Crippen molar-refractivity contribution in [3.05, 3.63) is 23.4 Å². The highest BCUT2D eigenvalue weighted by atomic mass is 35.5. The van der Waals surface area contributed by atoms with Gasteiger partial charge >= 0.3 is 0 Å². The molecular formula is C10H12ClN5. The van der Waals surface area contributed by atoms with Gasteiger partial charge in [0.2, 0.25) is 11.2 Å². The molecule has 1 aromatic rings. The maximum Gasteiger partial charge on any atom is 0.231 e. The number of anilines is 1. The number of aromatic nitrogens is 3. The van der Waals surface area contributed by atoms with Gasteiger partial charge in [-0.1, -0.05) is 13.0 Å². The van der Waals surface area contributed by atoms with E-state index in [2.05, 4.69) is 38.3 Å². The van der Waals surface area contributed by atoms with Crippen molar-refractivity contribution < 1.29 is 0 Å². The van der Waals surface area contributed by atoms with Crippen molar-refractivity contribution in [3.8, 4) is 0 Å². The van der Waals surface area contributed by atoms with Crippen molar-refractivity contribution in [2.45, 2.75) is 25.8 Å². The molecule has 2 rings (SSSR count). The molecule has 16 heavy (non-hydrogen) atoms. The molecular weight excluding hydrogens is 226 g/mol. The summed E-state index contributed by atoms with van der Waals surface area (Å²) >= 11 is 5.65. The summed E-state index contributed by atoms with van der Waals surface area (Å²) in [6.45, 7) is 2.13. The van der Waals surface area contributed by atoms with E-state index in [0.29, 0.717) is 12.0 Å². The predicted octanol–water partition coefficient (Wildman–Crippen LogP) is 2.07. The zero-order valence-electron chi connectivity index (χ0n) is 8.89. The molecule has 0 radical (unpaired) electrons. The average Bonchev–Trinajstić information content (AvgIpc) is 2.30. The highest BCUT2D eigenvalue weighted by Gasteiger charge is 2.08. The van der Waals surface area contributed by atoms with Gasteiger partial charge in [0.25, 0.3) is 0 Å². The summed E-state index contributed by atoms with van der Waals surface area (Å²) in [6.07, 6.45) is 7.24. The van der Waals surface area contributed by atoms with E-state index in [1.807, 2.05) is 0 Å². The Bertz CT molecular complexity index is 429. The van der Waals surface area contributed by atoms with Gasteiger partial charge in [0.1, 0.15) is 6.33 Å². The maximum atomic E-state index is 5.65. The second kappa shape index (κ2) is 5.03. The fourth-order valence-corrected chi connectivity index (χ4v) is 1.51. The van der Waals surface area contributed by atoms with Gasteiger partial charge in [0.05, 0.1) is 11.7 Å². The van der Waals surface area contributed by atoms with Crippen LogP contribution in [0.5, 0.6) is 0 Å². The Morgan fingerprint density at radius 1 is 1.50 bits per heavy atom. The average molecular weight is 238 g/mol. The van der Waals surface area contributed by atoms with Crippen LogP contribution < -0.4 is 5.32 Å². The van der Waals surface area contributed by atoms with Crippen LogP contribution in [-0.4, -0.2) is 27.2 Å². The standard InChI is InChI=1S/C10H12ClN5/c1-2-7-3-4-8(5-12-7)15-10-14-6-13-9(11)16-10/h4-7H,2-3H2,1H3,(H,13,14,15,16). The van der Waals surface area contributed by atoms with Gasteiger partial charge < -0.3 is 5.32 Å². The Morgan fingerprint density at radius 3 is 3.00 bits per heavy atom. The summed E-state index contributed by atoms with van der Waals surface area (Å²) in [5.74, 6) is 0.438. The monoisotopic (exact) mass is 237 g/mol. The minimum Gasteiger partial charge on any atom is -0.323 e. The molecule has 1 unspecified atom stereocenters. The molecule has 1 aliphatic rings. The van der Waals surface area contributed by atoms with E-state index in [1.54, 1.807) is 6.21 Å². The molecule has 1 N–H and O–H groups in total. The molecule has 1 atom stereocenters. The maximum absolute atomic E-state index is 5.65. The van der Waals surface area contributed by atoms with Gasteiger partial charge in [-0.3, -0.25) is 4.99 Å². The number of nitrogens with zero attached hydrogens (tertiary/aromatic N) is 4. The topological polar surface area (TPSA) is 63.1 Å². The molecule has 1 aromatic heterocycles. The molecule has 0 amide bonds. The lowest BCUT2D eigenvalue weighted by Gasteiger charge is -2.14.